The van der Waals surface area contributed by atoms with E-state index in [1.54, 1.807) is 22.8 Å². The van der Waals surface area contributed by atoms with Crippen molar-refractivity contribution in [1.82, 2.24) is 9.55 Å². The lowest BCUT2D eigenvalue weighted by Gasteiger charge is -2.13. The number of rotatable bonds is 4. The molecule has 1 aliphatic carbocycles. The third kappa shape index (κ3) is 2.56. The average molecular weight is 338 g/mol. The van der Waals surface area contributed by atoms with E-state index in [1.165, 1.54) is 16.9 Å². The Labute approximate surface area is 136 Å². The topological polar surface area (TPSA) is 72.2 Å². The molecular weight excluding hydrogens is 320 g/mol. The van der Waals surface area contributed by atoms with Crippen molar-refractivity contribution in [2.45, 2.75) is 56.5 Å². The van der Waals surface area contributed by atoms with Gasteiger partial charge in [0, 0.05) is 11.4 Å². The van der Waals surface area contributed by atoms with Crippen molar-refractivity contribution in [2.24, 2.45) is 0 Å². The van der Waals surface area contributed by atoms with Crippen LogP contribution < -0.4 is 5.56 Å². The van der Waals surface area contributed by atoms with Crippen molar-refractivity contribution in [3.05, 3.63) is 20.8 Å². The fourth-order valence-electron chi connectivity index (χ4n) is 2.80. The van der Waals surface area contributed by atoms with Gasteiger partial charge < -0.3 is 5.11 Å². The third-order valence-corrected chi connectivity index (χ3v) is 6.25. The second-order valence-corrected chi connectivity index (χ2v) is 7.82. The smallest absolute Gasteiger partial charge is 0.316 e. The molecule has 1 N–H and O–H groups in total. The van der Waals surface area contributed by atoms with Gasteiger partial charge in [0.05, 0.1) is 5.39 Å². The molecule has 2 aromatic heterocycles. The first kappa shape index (κ1) is 15.6. The lowest BCUT2D eigenvalue weighted by atomic mass is 9.97. The van der Waals surface area contributed by atoms with Crippen LogP contribution in [0.25, 0.3) is 10.2 Å². The SMILES string of the molecule is CCn1c(SC(C)C(=O)O)nc2sc3c(c2c1=O)CCCC3. The van der Waals surface area contributed by atoms with E-state index in [4.69, 9.17) is 5.11 Å². The van der Waals surface area contributed by atoms with Gasteiger partial charge in [-0.05, 0) is 45.1 Å². The minimum atomic E-state index is -0.896. The molecule has 0 amide bonds. The zero-order valence-corrected chi connectivity index (χ0v) is 14.2. The standard InChI is InChI=1S/C15H18N2O3S2/c1-3-17-13(18)11-9-6-4-5-7-10(9)22-12(11)16-15(17)21-8(2)14(19)20/h8H,3-7H2,1-2H3,(H,19,20). The predicted octanol–water partition coefficient (Wildman–Crippen LogP) is 2.92. The van der Waals surface area contributed by atoms with Crippen molar-refractivity contribution in [3.63, 3.8) is 0 Å². The van der Waals surface area contributed by atoms with Crippen LogP contribution in [0.3, 0.4) is 0 Å². The first-order chi connectivity index (χ1) is 10.5. The van der Waals surface area contributed by atoms with E-state index in [9.17, 15) is 9.59 Å². The molecule has 2 heterocycles. The largest absolute Gasteiger partial charge is 0.480 e. The molecule has 0 bridgehead atoms. The molecule has 0 aliphatic heterocycles. The number of thiophene rings is 1. The summed E-state index contributed by atoms with van der Waals surface area (Å²) in [6.45, 7) is 4.01. The summed E-state index contributed by atoms with van der Waals surface area (Å²) in [6, 6.07) is 0. The normalized spacial score (nSPS) is 15.7. The van der Waals surface area contributed by atoms with Crippen molar-refractivity contribution in [2.75, 3.05) is 0 Å². The van der Waals surface area contributed by atoms with Crippen LogP contribution in [0.2, 0.25) is 0 Å². The van der Waals surface area contributed by atoms with Gasteiger partial charge in [0.15, 0.2) is 5.16 Å². The lowest BCUT2D eigenvalue weighted by Crippen LogP contribution is -2.24. The van der Waals surface area contributed by atoms with Crippen LogP contribution in [0.15, 0.2) is 9.95 Å². The molecule has 1 unspecified atom stereocenters. The molecule has 0 radical (unpaired) electrons. The van der Waals surface area contributed by atoms with E-state index in [0.717, 1.165) is 41.2 Å². The summed E-state index contributed by atoms with van der Waals surface area (Å²) in [5.74, 6) is -0.896. The fourth-order valence-corrected chi connectivity index (χ4v) is 5.01. The minimum Gasteiger partial charge on any atom is -0.480 e. The molecule has 1 atom stereocenters. The zero-order chi connectivity index (χ0) is 15.9. The predicted molar refractivity (Wildman–Crippen MR) is 89.2 cm³/mol. The summed E-state index contributed by atoms with van der Waals surface area (Å²) in [7, 11) is 0. The highest BCUT2D eigenvalue weighted by Gasteiger charge is 2.23. The number of carbonyl (C=O) groups is 1. The third-order valence-electron chi connectivity index (χ3n) is 3.99. The minimum absolute atomic E-state index is 0.0213. The van der Waals surface area contributed by atoms with E-state index >= 15 is 0 Å². The maximum Gasteiger partial charge on any atom is 0.316 e. The molecule has 22 heavy (non-hydrogen) atoms. The number of nitrogens with zero attached hydrogens (tertiary/aromatic N) is 2. The van der Waals surface area contributed by atoms with Crippen molar-refractivity contribution >= 4 is 39.3 Å². The zero-order valence-electron chi connectivity index (χ0n) is 12.6. The van der Waals surface area contributed by atoms with Crippen molar-refractivity contribution in [3.8, 4) is 0 Å². The molecule has 118 valence electrons. The molecule has 5 nitrogen and oxygen atoms in total. The summed E-state index contributed by atoms with van der Waals surface area (Å²) in [5.41, 5.74) is 1.15. The Kier molecular flexibility index (Phi) is 4.27. The second-order valence-electron chi connectivity index (χ2n) is 5.43. The maximum absolute atomic E-state index is 12.8. The van der Waals surface area contributed by atoms with E-state index in [1.807, 2.05) is 6.92 Å². The molecule has 0 aromatic carbocycles. The van der Waals surface area contributed by atoms with Gasteiger partial charge in [0.25, 0.3) is 5.56 Å². The molecule has 0 spiro atoms. The van der Waals surface area contributed by atoms with Crippen LogP contribution in [0, 0.1) is 0 Å². The van der Waals surface area contributed by atoms with Gasteiger partial charge in [-0.15, -0.1) is 11.3 Å². The first-order valence-corrected chi connectivity index (χ1v) is 9.17. The Bertz CT molecular complexity index is 794. The molecule has 0 saturated heterocycles. The van der Waals surface area contributed by atoms with Crippen LogP contribution in [0.5, 0.6) is 0 Å². The van der Waals surface area contributed by atoms with Gasteiger partial charge in [0.2, 0.25) is 0 Å². The van der Waals surface area contributed by atoms with Gasteiger partial charge in [-0.3, -0.25) is 14.2 Å². The Morgan fingerprint density at radius 2 is 2.18 bits per heavy atom. The molecule has 1 aliphatic rings. The number of aliphatic carboxylic acids is 1. The Balaban J connectivity index is 2.18. The number of thioether (sulfide) groups is 1. The lowest BCUT2D eigenvalue weighted by molar-refractivity contribution is -0.136. The fraction of sp³-hybridized carbons (Fsp3) is 0.533. The molecular formula is C15H18N2O3S2. The molecule has 0 saturated carbocycles. The van der Waals surface area contributed by atoms with Crippen LogP contribution in [0.4, 0.5) is 0 Å². The summed E-state index contributed by atoms with van der Waals surface area (Å²) in [6.07, 6.45) is 4.26. The molecule has 0 fully saturated rings. The summed E-state index contributed by atoms with van der Waals surface area (Å²) >= 11 is 2.73. The summed E-state index contributed by atoms with van der Waals surface area (Å²) < 4.78 is 1.61. The number of carboxylic acid groups (broad SMARTS) is 1. The number of carboxylic acids is 1. The van der Waals surface area contributed by atoms with E-state index in [2.05, 4.69) is 4.98 Å². The van der Waals surface area contributed by atoms with Crippen molar-refractivity contribution in [1.29, 1.82) is 0 Å². The van der Waals surface area contributed by atoms with Crippen LogP contribution >= 0.6 is 23.1 Å². The van der Waals surface area contributed by atoms with E-state index < -0.39 is 11.2 Å². The number of fused-ring (bicyclic) bond motifs is 3. The second kappa shape index (κ2) is 6.04. The maximum atomic E-state index is 12.8. The highest BCUT2D eigenvalue weighted by Crippen LogP contribution is 2.35. The summed E-state index contributed by atoms with van der Waals surface area (Å²) in [4.78, 5) is 30.6. The van der Waals surface area contributed by atoms with Gasteiger partial charge in [-0.1, -0.05) is 11.8 Å². The monoisotopic (exact) mass is 338 g/mol. The number of hydrogen-bond acceptors (Lipinski definition) is 5. The molecule has 3 rings (SSSR count). The highest BCUT2D eigenvalue weighted by atomic mass is 32.2. The molecule has 7 heteroatoms. The average Bonchev–Trinajstić information content (AvgIpc) is 2.85. The molecule has 2 aromatic rings. The van der Waals surface area contributed by atoms with E-state index in [-0.39, 0.29) is 5.56 Å². The van der Waals surface area contributed by atoms with Crippen LogP contribution in [-0.4, -0.2) is 25.9 Å². The van der Waals surface area contributed by atoms with Gasteiger partial charge >= 0.3 is 5.97 Å². The number of hydrogen-bond donors (Lipinski definition) is 1. The van der Waals surface area contributed by atoms with Crippen LogP contribution in [0.1, 0.15) is 37.1 Å². The summed E-state index contributed by atoms with van der Waals surface area (Å²) in [5, 5.41) is 9.73. The Morgan fingerprint density at radius 1 is 1.45 bits per heavy atom. The quantitative estimate of drug-likeness (QED) is 0.685. The highest BCUT2D eigenvalue weighted by molar-refractivity contribution is 8.00. The van der Waals surface area contributed by atoms with Crippen LogP contribution in [-0.2, 0) is 24.2 Å². The van der Waals surface area contributed by atoms with E-state index in [0.29, 0.717) is 11.7 Å². The van der Waals surface area contributed by atoms with Crippen molar-refractivity contribution < 1.29 is 9.90 Å². The van der Waals surface area contributed by atoms with Gasteiger partial charge in [0.1, 0.15) is 10.1 Å². The Hall–Kier alpha value is -1.34. The van der Waals surface area contributed by atoms with Gasteiger partial charge in [-0.25, -0.2) is 4.98 Å². The number of aromatic nitrogens is 2. The number of aryl methyl sites for hydroxylation is 2. The first-order valence-electron chi connectivity index (χ1n) is 7.47. The Morgan fingerprint density at radius 3 is 2.86 bits per heavy atom. The van der Waals surface area contributed by atoms with Gasteiger partial charge in [-0.2, -0.15) is 0 Å².